The maximum atomic E-state index is 13.1. The lowest BCUT2D eigenvalue weighted by Gasteiger charge is -2.36. The second-order valence-corrected chi connectivity index (χ2v) is 6.71. The Kier molecular flexibility index (Phi) is 4.56. The van der Waals surface area contributed by atoms with Crippen LogP contribution in [0.2, 0.25) is 0 Å². The van der Waals surface area contributed by atoms with Crippen LogP contribution in [0.3, 0.4) is 0 Å². The van der Waals surface area contributed by atoms with Crippen LogP contribution in [0.5, 0.6) is 0 Å². The topological polar surface area (TPSA) is 86.3 Å². The number of carbonyl (C=O) groups excluding carboxylic acids is 1. The minimum absolute atomic E-state index is 0.0113. The van der Waals surface area contributed by atoms with Crippen LogP contribution in [0, 0.1) is 6.92 Å². The smallest absolute Gasteiger partial charge is 0.254 e. The molecule has 1 fully saturated rings. The molecule has 2 aromatic rings. The molecule has 7 heteroatoms. The lowest BCUT2D eigenvalue weighted by molar-refractivity contribution is 0.0163. The number of nitrogens with two attached hydrogens (primary N) is 1. The van der Waals surface area contributed by atoms with E-state index in [1.807, 2.05) is 36.4 Å². The highest BCUT2D eigenvalue weighted by Gasteiger charge is 2.31. The first-order valence-electron chi connectivity index (χ1n) is 8.35. The highest BCUT2D eigenvalue weighted by Crippen LogP contribution is 2.24. The quantitative estimate of drug-likeness (QED) is 0.921. The van der Waals surface area contributed by atoms with Gasteiger partial charge in [0, 0.05) is 38.0 Å². The zero-order valence-electron chi connectivity index (χ0n) is 14.7. The van der Waals surface area contributed by atoms with Gasteiger partial charge in [0.2, 0.25) is 0 Å². The molecule has 0 bridgehead atoms. The number of nitrogens with zero attached hydrogens (tertiary/aromatic N) is 4. The van der Waals surface area contributed by atoms with E-state index in [0.29, 0.717) is 18.7 Å². The van der Waals surface area contributed by atoms with Crippen molar-refractivity contribution in [2.45, 2.75) is 45.4 Å². The molecule has 3 heterocycles. The molecule has 0 radical (unpaired) electrons. The van der Waals surface area contributed by atoms with Gasteiger partial charge in [0.1, 0.15) is 0 Å². The minimum Gasteiger partial charge on any atom is -0.378 e. The Morgan fingerprint density at radius 1 is 1.46 bits per heavy atom. The maximum absolute atomic E-state index is 13.1. The average molecular weight is 331 g/mol. The second kappa shape index (κ2) is 6.49. The molecule has 7 nitrogen and oxygen atoms in total. The lowest BCUT2D eigenvalue weighted by Crippen LogP contribution is -2.53. The summed E-state index contributed by atoms with van der Waals surface area (Å²) in [4.78, 5) is 19.5. The highest BCUT2D eigenvalue weighted by molar-refractivity contribution is 6.05. The number of piperidine rings is 1. The Bertz CT molecular complexity index is 755. The van der Waals surface area contributed by atoms with E-state index in [2.05, 4.69) is 10.1 Å². The number of methoxy groups -OCH3 is 1. The summed E-state index contributed by atoms with van der Waals surface area (Å²) in [5.41, 5.74) is 8.27. The number of hydrogen-bond donors (Lipinski definition) is 1. The van der Waals surface area contributed by atoms with Crippen LogP contribution in [0.1, 0.15) is 42.4 Å². The van der Waals surface area contributed by atoms with Crippen molar-refractivity contribution in [3.05, 3.63) is 23.5 Å². The van der Waals surface area contributed by atoms with Gasteiger partial charge in [0.25, 0.3) is 5.91 Å². The third kappa shape index (κ3) is 2.89. The summed E-state index contributed by atoms with van der Waals surface area (Å²) < 4.78 is 7.27. The zero-order valence-corrected chi connectivity index (χ0v) is 14.7. The maximum Gasteiger partial charge on any atom is 0.254 e. The Balaban J connectivity index is 1.98. The van der Waals surface area contributed by atoms with Crippen molar-refractivity contribution >= 4 is 16.9 Å². The summed E-state index contributed by atoms with van der Waals surface area (Å²) in [5.74, 6) is -0.0113. The third-order valence-corrected chi connectivity index (χ3v) is 4.61. The van der Waals surface area contributed by atoms with E-state index in [1.54, 1.807) is 13.3 Å². The molecule has 0 aromatic carbocycles. The van der Waals surface area contributed by atoms with Crippen molar-refractivity contribution in [2.24, 2.45) is 5.73 Å². The molecule has 0 spiro atoms. The van der Waals surface area contributed by atoms with Gasteiger partial charge >= 0.3 is 0 Å². The van der Waals surface area contributed by atoms with Gasteiger partial charge in [-0.25, -0.2) is 9.67 Å². The van der Waals surface area contributed by atoms with Crippen molar-refractivity contribution in [2.75, 3.05) is 20.2 Å². The van der Waals surface area contributed by atoms with Crippen LogP contribution in [0.4, 0.5) is 0 Å². The van der Waals surface area contributed by atoms with E-state index in [1.165, 1.54) is 0 Å². The predicted molar refractivity (Wildman–Crippen MR) is 91.9 cm³/mol. The van der Waals surface area contributed by atoms with E-state index in [-0.39, 0.29) is 24.1 Å². The van der Waals surface area contributed by atoms with Crippen LogP contribution >= 0.6 is 0 Å². The number of rotatable bonds is 3. The molecule has 0 aliphatic carbocycles. The largest absolute Gasteiger partial charge is 0.378 e. The van der Waals surface area contributed by atoms with Gasteiger partial charge in [-0.15, -0.1) is 0 Å². The Morgan fingerprint density at radius 3 is 2.88 bits per heavy atom. The number of hydrogen-bond acceptors (Lipinski definition) is 5. The summed E-state index contributed by atoms with van der Waals surface area (Å²) in [6.07, 6.45) is 2.35. The molecule has 1 amide bonds. The second-order valence-electron chi connectivity index (χ2n) is 6.71. The number of amides is 1. The van der Waals surface area contributed by atoms with Crippen LogP contribution in [0.15, 0.2) is 12.3 Å². The van der Waals surface area contributed by atoms with Gasteiger partial charge < -0.3 is 15.4 Å². The first-order chi connectivity index (χ1) is 11.4. The van der Waals surface area contributed by atoms with Crippen molar-refractivity contribution < 1.29 is 9.53 Å². The van der Waals surface area contributed by atoms with E-state index < -0.39 is 0 Å². The monoisotopic (exact) mass is 331 g/mol. The van der Waals surface area contributed by atoms with E-state index in [4.69, 9.17) is 10.5 Å². The fourth-order valence-corrected chi connectivity index (χ4v) is 3.24. The number of aryl methyl sites for hydroxylation is 1. The summed E-state index contributed by atoms with van der Waals surface area (Å²) in [5, 5.41) is 5.20. The van der Waals surface area contributed by atoms with Gasteiger partial charge in [0.15, 0.2) is 5.65 Å². The Labute approximate surface area is 141 Å². The zero-order chi connectivity index (χ0) is 17.4. The van der Waals surface area contributed by atoms with Crippen molar-refractivity contribution in [1.82, 2.24) is 19.7 Å². The van der Waals surface area contributed by atoms with Crippen molar-refractivity contribution in [3.8, 4) is 0 Å². The molecule has 130 valence electrons. The van der Waals surface area contributed by atoms with Gasteiger partial charge in [-0.05, 0) is 33.3 Å². The fourth-order valence-electron chi connectivity index (χ4n) is 3.24. The van der Waals surface area contributed by atoms with Crippen LogP contribution in [-0.2, 0) is 4.74 Å². The molecule has 24 heavy (non-hydrogen) atoms. The Morgan fingerprint density at radius 2 is 2.21 bits per heavy atom. The molecule has 0 unspecified atom stereocenters. The Hall–Kier alpha value is -1.99. The SMILES string of the molecule is CO[C@H]1CN(C(=O)c2cc(C)nc3c2cnn3C(C)C)CC[C@H]1N. The first kappa shape index (κ1) is 16.9. The van der Waals surface area contributed by atoms with Crippen LogP contribution < -0.4 is 5.73 Å². The van der Waals surface area contributed by atoms with Crippen molar-refractivity contribution in [1.29, 1.82) is 0 Å². The van der Waals surface area contributed by atoms with Gasteiger partial charge in [-0.3, -0.25) is 4.79 Å². The summed E-state index contributed by atoms with van der Waals surface area (Å²) in [7, 11) is 1.64. The van der Waals surface area contributed by atoms with Crippen molar-refractivity contribution in [3.63, 3.8) is 0 Å². The number of fused-ring (bicyclic) bond motifs is 1. The third-order valence-electron chi connectivity index (χ3n) is 4.61. The molecular weight excluding hydrogens is 306 g/mol. The molecule has 1 saturated heterocycles. The molecule has 1 aliphatic rings. The number of aromatic nitrogens is 3. The molecule has 2 aromatic heterocycles. The lowest BCUT2D eigenvalue weighted by atomic mass is 10.0. The first-order valence-corrected chi connectivity index (χ1v) is 8.35. The van der Waals surface area contributed by atoms with Crippen LogP contribution in [0.25, 0.3) is 11.0 Å². The predicted octanol–water partition coefficient (Wildman–Crippen LogP) is 1.51. The minimum atomic E-state index is -0.125. The normalized spacial score (nSPS) is 21.7. The van der Waals surface area contributed by atoms with E-state index >= 15 is 0 Å². The molecule has 0 saturated carbocycles. The van der Waals surface area contributed by atoms with Gasteiger partial charge in [-0.2, -0.15) is 5.10 Å². The summed E-state index contributed by atoms with van der Waals surface area (Å²) in [6, 6.07) is 2.00. The summed E-state index contributed by atoms with van der Waals surface area (Å²) >= 11 is 0. The highest BCUT2D eigenvalue weighted by atomic mass is 16.5. The number of likely N-dealkylation sites (tertiary alicyclic amines) is 1. The molecule has 3 rings (SSSR count). The standard InChI is InChI=1S/C17H25N5O2/c1-10(2)22-16-13(8-19-22)12(7-11(3)20-16)17(23)21-6-5-14(18)15(9-21)24-4/h7-8,10,14-15H,5-6,9,18H2,1-4H3/t14-,15+/m1/s1. The van der Waals surface area contributed by atoms with E-state index in [0.717, 1.165) is 23.1 Å². The fraction of sp³-hybridized carbons (Fsp3) is 0.588. The summed E-state index contributed by atoms with van der Waals surface area (Å²) in [6.45, 7) is 7.15. The number of carbonyl (C=O) groups is 1. The molecule has 2 atom stereocenters. The number of ether oxygens (including phenoxy) is 1. The average Bonchev–Trinajstić information content (AvgIpc) is 2.97. The molecule has 1 aliphatic heterocycles. The molecular formula is C17H25N5O2. The van der Waals surface area contributed by atoms with E-state index in [9.17, 15) is 4.79 Å². The number of pyridine rings is 1. The van der Waals surface area contributed by atoms with Gasteiger partial charge in [-0.1, -0.05) is 0 Å². The molecule has 2 N–H and O–H groups in total. The van der Waals surface area contributed by atoms with Crippen LogP contribution in [-0.4, -0.2) is 57.9 Å². The van der Waals surface area contributed by atoms with Gasteiger partial charge in [0.05, 0.1) is 23.3 Å².